The quantitative estimate of drug-likeness (QED) is 0.325. The molecule has 0 heterocycles. The number of aryl methyl sites for hydroxylation is 1. The van der Waals surface area contributed by atoms with Crippen LogP contribution in [0, 0.1) is 6.92 Å². The number of para-hydroxylation sites is 3. The van der Waals surface area contributed by atoms with Crippen LogP contribution in [0.25, 0.3) is 0 Å². The minimum absolute atomic E-state index is 0.0482. The number of nitrogens with one attached hydrogen (secondary N) is 2. The molecule has 0 radical (unpaired) electrons. The lowest BCUT2D eigenvalue weighted by atomic mass is 10.1. The third-order valence-electron chi connectivity index (χ3n) is 5.22. The molecule has 0 bridgehead atoms. The van der Waals surface area contributed by atoms with Crippen molar-refractivity contribution in [3.63, 3.8) is 0 Å². The molecule has 0 saturated heterocycles. The summed E-state index contributed by atoms with van der Waals surface area (Å²) < 4.78 is 40.3. The van der Waals surface area contributed by atoms with Crippen molar-refractivity contribution in [1.82, 2.24) is 0 Å². The Morgan fingerprint density at radius 2 is 1.46 bits per heavy atom. The molecule has 178 valence electrons. The predicted molar refractivity (Wildman–Crippen MR) is 136 cm³/mol. The van der Waals surface area contributed by atoms with E-state index >= 15 is 0 Å². The van der Waals surface area contributed by atoms with E-state index in [1.807, 2.05) is 37.3 Å². The van der Waals surface area contributed by atoms with Gasteiger partial charge in [-0.3, -0.25) is 9.52 Å². The molecule has 8 heteroatoms. The second-order valence-electron chi connectivity index (χ2n) is 7.65. The van der Waals surface area contributed by atoms with Crippen LogP contribution in [0.1, 0.15) is 15.9 Å². The molecule has 0 saturated carbocycles. The van der Waals surface area contributed by atoms with Crippen LogP contribution in [-0.2, 0) is 10.0 Å². The zero-order valence-corrected chi connectivity index (χ0v) is 20.0. The molecule has 4 rings (SSSR count). The van der Waals surface area contributed by atoms with E-state index in [1.54, 1.807) is 48.5 Å². The summed E-state index contributed by atoms with van der Waals surface area (Å²) in [5, 5.41) is 2.76. The van der Waals surface area contributed by atoms with Gasteiger partial charge in [-0.2, -0.15) is 0 Å². The van der Waals surface area contributed by atoms with E-state index in [4.69, 9.17) is 9.47 Å². The number of hydrogen-bond acceptors (Lipinski definition) is 5. The number of carbonyl (C=O) groups is 1. The van der Waals surface area contributed by atoms with Crippen molar-refractivity contribution in [2.75, 3.05) is 17.1 Å². The Labute approximate surface area is 204 Å². The molecule has 7 nitrogen and oxygen atoms in total. The highest BCUT2D eigenvalue weighted by Crippen LogP contribution is 2.33. The summed E-state index contributed by atoms with van der Waals surface area (Å²) in [4.78, 5) is 12.8. The summed E-state index contributed by atoms with van der Waals surface area (Å²) in [5.74, 6) is 0.887. The molecule has 0 aliphatic rings. The van der Waals surface area contributed by atoms with E-state index in [9.17, 15) is 13.2 Å². The average molecular weight is 489 g/mol. The SMILES string of the molecule is COc1ccc(S(=O)(=O)Nc2ccccc2Oc2ccccc2)cc1NC(=O)c1ccccc1C. The molecule has 4 aromatic rings. The summed E-state index contributed by atoms with van der Waals surface area (Å²) in [6.07, 6.45) is 0. The second-order valence-corrected chi connectivity index (χ2v) is 9.33. The monoisotopic (exact) mass is 488 g/mol. The Bertz CT molecular complexity index is 1450. The highest BCUT2D eigenvalue weighted by molar-refractivity contribution is 7.92. The third-order valence-corrected chi connectivity index (χ3v) is 6.58. The lowest BCUT2D eigenvalue weighted by molar-refractivity contribution is 0.102. The largest absolute Gasteiger partial charge is 0.495 e. The fraction of sp³-hybridized carbons (Fsp3) is 0.0741. The van der Waals surface area contributed by atoms with E-state index in [-0.39, 0.29) is 22.2 Å². The number of carbonyl (C=O) groups excluding carboxylic acids is 1. The lowest BCUT2D eigenvalue weighted by Crippen LogP contribution is -2.16. The maximum Gasteiger partial charge on any atom is 0.262 e. The number of hydrogen-bond donors (Lipinski definition) is 2. The molecule has 0 aromatic heterocycles. The molecule has 4 aromatic carbocycles. The standard InChI is InChI=1S/C27H24N2O5S/c1-19-10-6-7-13-22(19)27(30)28-24-18-21(16-17-25(24)33-2)35(31,32)29-23-14-8-9-15-26(23)34-20-11-4-3-5-12-20/h3-18,29H,1-2H3,(H,28,30). The first-order chi connectivity index (χ1) is 16.9. The first kappa shape index (κ1) is 23.8. The Morgan fingerprint density at radius 1 is 0.771 bits per heavy atom. The summed E-state index contributed by atoms with van der Waals surface area (Å²) in [5.41, 5.74) is 1.78. The van der Waals surface area contributed by atoms with Crippen LogP contribution in [0.15, 0.2) is 102 Å². The molecular formula is C27H24N2O5S. The van der Waals surface area contributed by atoms with Gasteiger partial charge in [-0.25, -0.2) is 8.42 Å². The van der Waals surface area contributed by atoms with Crippen molar-refractivity contribution >= 4 is 27.3 Å². The minimum Gasteiger partial charge on any atom is -0.495 e. The van der Waals surface area contributed by atoms with E-state index in [2.05, 4.69) is 10.0 Å². The van der Waals surface area contributed by atoms with Gasteiger partial charge in [-0.1, -0.05) is 48.5 Å². The molecule has 0 aliphatic carbocycles. The fourth-order valence-corrected chi connectivity index (χ4v) is 4.52. The van der Waals surface area contributed by atoms with Gasteiger partial charge >= 0.3 is 0 Å². The Morgan fingerprint density at radius 3 is 2.20 bits per heavy atom. The van der Waals surface area contributed by atoms with Crippen LogP contribution >= 0.6 is 0 Å². The maximum absolute atomic E-state index is 13.2. The zero-order valence-electron chi connectivity index (χ0n) is 19.2. The number of benzene rings is 4. The van der Waals surface area contributed by atoms with Gasteiger partial charge in [0.2, 0.25) is 0 Å². The topological polar surface area (TPSA) is 93.7 Å². The molecule has 1 amide bonds. The summed E-state index contributed by atoms with van der Waals surface area (Å²) in [6.45, 7) is 1.83. The average Bonchev–Trinajstić information content (AvgIpc) is 2.86. The van der Waals surface area contributed by atoms with Crippen molar-refractivity contribution in [2.24, 2.45) is 0 Å². The zero-order chi connectivity index (χ0) is 24.8. The van der Waals surface area contributed by atoms with E-state index in [0.717, 1.165) is 5.56 Å². The van der Waals surface area contributed by atoms with Gasteiger partial charge in [0.15, 0.2) is 5.75 Å². The van der Waals surface area contributed by atoms with Gasteiger partial charge in [-0.05, 0) is 61.0 Å². The Balaban J connectivity index is 1.62. The number of methoxy groups -OCH3 is 1. The minimum atomic E-state index is -4.02. The van der Waals surface area contributed by atoms with Gasteiger partial charge < -0.3 is 14.8 Å². The van der Waals surface area contributed by atoms with Crippen molar-refractivity contribution in [1.29, 1.82) is 0 Å². The highest BCUT2D eigenvalue weighted by atomic mass is 32.2. The Kier molecular flexibility index (Phi) is 7.03. The van der Waals surface area contributed by atoms with E-state index in [1.165, 1.54) is 25.3 Å². The number of ether oxygens (including phenoxy) is 2. The van der Waals surface area contributed by atoms with E-state index in [0.29, 0.717) is 22.8 Å². The molecule has 0 fully saturated rings. The predicted octanol–water partition coefficient (Wildman–Crippen LogP) is 5.85. The molecule has 0 atom stereocenters. The van der Waals surface area contributed by atoms with Gasteiger partial charge in [0, 0.05) is 5.56 Å². The summed E-state index contributed by atoms with van der Waals surface area (Å²) in [7, 11) is -2.57. The van der Waals surface area contributed by atoms with Gasteiger partial charge in [0.25, 0.3) is 15.9 Å². The number of sulfonamides is 1. The number of anilines is 2. The Hall–Kier alpha value is -4.30. The van der Waals surface area contributed by atoms with Gasteiger partial charge in [0.1, 0.15) is 11.5 Å². The molecule has 2 N–H and O–H groups in total. The van der Waals surface area contributed by atoms with Crippen LogP contribution in [0.3, 0.4) is 0 Å². The molecule has 0 unspecified atom stereocenters. The molecule has 0 aliphatic heterocycles. The van der Waals surface area contributed by atoms with Crippen molar-refractivity contribution < 1.29 is 22.7 Å². The molecule has 0 spiro atoms. The van der Waals surface area contributed by atoms with Crippen molar-refractivity contribution in [3.8, 4) is 17.2 Å². The van der Waals surface area contributed by atoms with Crippen LogP contribution in [0.5, 0.6) is 17.2 Å². The summed E-state index contributed by atoms with van der Waals surface area (Å²) >= 11 is 0. The summed E-state index contributed by atoms with van der Waals surface area (Å²) in [6, 6.07) is 27.2. The van der Waals surface area contributed by atoms with Crippen molar-refractivity contribution in [2.45, 2.75) is 11.8 Å². The van der Waals surface area contributed by atoms with Crippen molar-refractivity contribution in [3.05, 3.63) is 108 Å². The number of rotatable bonds is 8. The lowest BCUT2D eigenvalue weighted by Gasteiger charge is -2.15. The smallest absolute Gasteiger partial charge is 0.262 e. The van der Waals surface area contributed by atoms with Crippen LogP contribution in [0.2, 0.25) is 0 Å². The van der Waals surface area contributed by atoms with Gasteiger partial charge in [0.05, 0.1) is 23.4 Å². The third kappa shape index (κ3) is 5.62. The van der Waals surface area contributed by atoms with Crippen LogP contribution in [0.4, 0.5) is 11.4 Å². The maximum atomic E-state index is 13.2. The molecule has 35 heavy (non-hydrogen) atoms. The molecular weight excluding hydrogens is 464 g/mol. The normalized spacial score (nSPS) is 10.9. The van der Waals surface area contributed by atoms with Crippen LogP contribution < -0.4 is 19.5 Å². The van der Waals surface area contributed by atoms with Gasteiger partial charge in [-0.15, -0.1) is 0 Å². The number of amides is 1. The first-order valence-corrected chi connectivity index (χ1v) is 12.3. The van der Waals surface area contributed by atoms with Crippen LogP contribution in [-0.4, -0.2) is 21.4 Å². The fourth-order valence-electron chi connectivity index (χ4n) is 3.43. The van der Waals surface area contributed by atoms with E-state index < -0.39 is 10.0 Å². The second kappa shape index (κ2) is 10.3. The highest BCUT2D eigenvalue weighted by Gasteiger charge is 2.20. The first-order valence-electron chi connectivity index (χ1n) is 10.8.